The summed E-state index contributed by atoms with van der Waals surface area (Å²) in [6, 6.07) is 13.7. The highest BCUT2D eigenvalue weighted by Gasteiger charge is 2.26. The van der Waals surface area contributed by atoms with Gasteiger partial charge in [0.1, 0.15) is 5.75 Å². The molecule has 3 aromatic carbocycles. The zero-order valence-electron chi connectivity index (χ0n) is 25.3. The Labute approximate surface area is 262 Å². The molecule has 230 valence electrons. The number of benzene rings is 3. The number of nitro groups is 1. The first kappa shape index (κ1) is 32.3. The van der Waals surface area contributed by atoms with Crippen molar-refractivity contribution in [2.75, 3.05) is 13.2 Å². The predicted octanol–water partition coefficient (Wildman–Crippen LogP) is 6.78. The van der Waals surface area contributed by atoms with Crippen molar-refractivity contribution in [1.82, 2.24) is 9.66 Å². The molecule has 44 heavy (non-hydrogen) atoms. The normalized spacial score (nSPS) is 12.1. The van der Waals surface area contributed by atoms with E-state index in [1.807, 2.05) is 26.0 Å². The molecular weight excluding hydrogens is 632 g/mol. The third kappa shape index (κ3) is 6.80. The predicted molar refractivity (Wildman–Crippen MR) is 172 cm³/mol. The molecule has 4 rings (SSSR count). The Morgan fingerprint density at radius 2 is 1.86 bits per heavy atom. The number of fused-ring (bicyclic) bond motifs is 1. The molecule has 0 spiro atoms. The van der Waals surface area contributed by atoms with Crippen molar-refractivity contribution >= 4 is 44.7 Å². The minimum Gasteiger partial charge on any atom is -0.494 e. The summed E-state index contributed by atoms with van der Waals surface area (Å²) < 4.78 is 17.9. The van der Waals surface area contributed by atoms with E-state index in [1.54, 1.807) is 37.3 Å². The molecular formula is C32H33BrN4O7. The van der Waals surface area contributed by atoms with Gasteiger partial charge in [0, 0.05) is 17.2 Å². The molecule has 0 bridgehead atoms. The van der Waals surface area contributed by atoms with E-state index in [-0.39, 0.29) is 22.7 Å². The zero-order chi connectivity index (χ0) is 32.1. The van der Waals surface area contributed by atoms with Gasteiger partial charge in [-0.1, -0.05) is 26.0 Å². The maximum absolute atomic E-state index is 13.8. The number of carbonyl (C=O) groups excluding carboxylic acids is 1. The highest BCUT2D eigenvalue weighted by Crippen LogP contribution is 2.37. The van der Waals surface area contributed by atoms with Crippen LogP contribution >= 0.6 is 15.9 Å². The van der Waals surface area contributed by atoms with Crippen LogP contribution in [0, 0.1) is 17.0 Å². The van der Waals surface area contributed by atoms with Gasteiger partial charge in [0.05, 0.1) is 39.7 Å². The average Bonchev–Trinajstić information content (AvgIpc) is 2.97. The van der Waals surface area contributed by atoms with Crippen LogP contribution in [0.4, 0.5) is 5.69 Å². The van der Waals surface area contributed by atoms with Crippen LogP contribution in [-0.4, -0.2) is 46.1 Å². The lowest BCUT2D eigenvalue weighted by Gasteiger charge is -2.18. The largest absolute Gasteiger partial charge is 0.494 e. The molecule has 1 atom stereocenters. The van der Waals surface area contributed by atoms with Crippen molar-refractivity contribution in [3.63, 3.8) is 0 Å². The van der Waals surface area contributed by atoms with Crippen LogP contribution in [-0.2, 0) is 9.53 Å². The first-order valence-corrected chi connectivity index (χ1v) is 14.9. The number of rotatable bonds is 11. The fourth-order valence-electron chi connectivity index (χ4n) is 4.61. The molecule has 0 saturated carbocycles. The number of para-hydroxylation sites is 1. The van der Waals surface area contributed by atoms with Crippen LogP contribution in [0.25, 0.3) is 22.3 Å². The van der Waals surface area contributed by atoms with E-state index in [2.05, 4.69) is 34.9 Å². The quantitative estimate of drug-likeness (QED) is 0.0741. The zero-order valence-corrected chi connectivity index (χ0v) is 26.9. The van der Waals surface area contributed by atoms with Gasteiger partial charge in [0.2, 0.25) is 5.75 Å². The van der Waals surface area contributed by atoms with Crippen molar-refractivity contribution in [2.24, 2.45) is 5.10 Å². The van der Waals surface area contributed by atoms with Crippen molar-refractivity contribution < 1.29 is 23.9 Å². The SMILES string of the molecule is CCOC(=O)[C@@H](C)Oc1c(Br)cc(C=Nn2c(-c3cc(C(C)C)c(OCC)cc3C)nc3ccccc3c2=O)cc1[N+](=O)[O-]. The summed E-state index contributed by atoms with van der Waals surface area (Å²) in [5.74, 6) is 0.414. The van der Waals surface area contributed by atoms with Crippen molar-refractivity contribution in [1.29, 1.82) is 0 Å². The molecule has 12 heteroatoms. The van der Waals surface area contributed by atoms with Gasteiger partial charge in [0.25, 0.3) is 5.56 Å². The molecule has 0 saturated heterocycles. The van der Waals surface area contributed by atoms with Gasteiger partial charge in [-0.05, 0) is 91.0 Å². The number of ether oxygens (including phenoxy) is 3. The van der Waals surface area contributed by atoms with Crippen LogP contribution in [0.1, 0.15) is 57.2 Å². The first-order valence-electron chi connectivity index (χ1n) is 14.1. The van der Waals surface area contributed by atoms with Crippen LogP contribution in [0.15, 0.2) is 62.9 Å². The lowest BCUT2D eigenvalue weighted by molar-refractivity contribution is -0.386. The summed E-state index contributed by atoms with van der Waals surface area (Å²) >= 11 is 3.32. The minimum atomic E-state index is -1.08. The second kappa shape index (κ2) is 13.8. The topological polar surface area (TPSA) is 135 Å². The number of esters is 1. The molecule has 0 aliphatic rings. The molecule has 4 aromatic rings. The van der Waals surface area contributed by atoms with E-state index in [9.17, 15) is 19.7 Å². The van der Waals surface area contributed by atoms with E-state index < -0.39 is 28.2 Å². The standard InChI is InChI=1S/C32H33BrN4O7/c1-7-42-28-13-19(5)24(16-23(28)18(3)4)30-35-26-12-10-9-11-22(26)31(38)36(30)34-17-21-14-25(33)29(27(15-21)37(40)41)44-20(6)32(39)43-8-2/h9-18,20H,7-8H2,1-6H3/t20-/m1/s1. The number of nitro benzene ring substituents is 1. The third-order valence-corrected chi connectivity index (χ3v) is 7.34. The molecule has 1 aromatic heterocycles. The Bertz CT molecular complexity index is 1820. The number of carbonyl (C=O) groups is 1. The number of aryl methyl sites for hydroxylation is 1. The highest BCUT2D eigenvalue weighted by molar-refractivity contribution is 9.10. The lowest BCUT2D eigenvalue weighted by atomic mass is 9.96. The Morgan fingerprint density at radius 3 is 2.52 bits per heavy atom. The number of halogens is 1. The number of aromatic nitrogens is 2. The summed E-state index contributed by atoms with van der Waals surface area (Å²) in [5, 5.41) is 16.8. The lowest BCUT2D eigenvalue weighted by Crippen LogP contribution is -2.26. The van der Waals surface area contributed by atoms with Gasteiger partial charge in [0.15, 0.2) is 11.9 Å². The monoisotopic (exact) mass is 664 g/mol. The first-order chi connectivity index (χ1) is 21.0. The van der Waals surface area contributed by atoms with Gasteiger partial charge in [-0.2, -0.15) is 9.78 Å². The van der Waals surface area contributed by atoms with Gasteiger partial charge in [-0.25, -0.2) is 9.78 Å². The molecule has 0 amide bonds. The van der Waals surface area contributed by atoms with Gasteiger partial charge in [-0.15, -0.1) is 0 Å². The summed E-state index contributed by atoms with van der Waals surface area (Å²) in [6.07, 6.45) is 0.257. The van der Waals surface area contributed by atoms with Crippen LogP contribution in [0.3, 0.4) is 0 Å². The minimum absolute atomic E-state index is 0.130. The number of nitrogens with zero attached hydrogens (tertiary/aromatic N) is 4. The van der Waals surface area contributed by atoms with Crippen molar-refractivity contribution in [2.45, 2.75) is 53.6 Å². The number of hydrogen-bond acceptors (Lipinski definition) is 9. The molecule has 0 fully saturated rings. The third-order valence-electron chi connectivity index (χ3n) is 6.75. The van der Waals surface area contributed by atoms with E-state index in [4.69, 9.17) is 19.2 Å². The van der Waals surface area contributed by atoms with Gasteiger partial charge < -0.3 is 14.2 Å². The Morgan fingerprint density at radius 1 is 1.14 bits per heavy atom. The average molecular weight is 666 g/mol. The van der Waals surface area contributed by atoms with Crippen molar-refractivity contribution in [3.05, 3.63) is 90.2 Å². The molecule has 0 unspecified atom stereocenters. The second-order valence-electron chi connectivity index (χ2n) is 10.2. The van der Waals surface area contributed by atoms with E-state index in [0.717, 1.165) is 16.9 Å². The Balaban J connectivity index is 1.88. The molecule has 0 aliphatic carbocycles. The second-order valence-corrected chi connectivity index (χ2v) is 11.1. The molecule has 0 radical (unpaired) electrons. The fraction of sp³-hybridized carbons (Fsp3) is 0.312. The van der Waals surface area contributed by atoms with Crippen LogP contribution in [0.2, 0.25) is 0 Å². The van der Waals surface area contributed by atoms with E-state index in [0.29, 0.717) is 34.5 Å². The summed E-state index contributed by atoms with van der Waals surface area (Å²) in [4.78, 5) is 42.0. The molecule has 0 N–H and O–H groups in total. The maximum atomic E-state index is 13.8. The Hall–Kier alpha value is -4.58. The number of hydrogen-bond donors (Lipinski definition) is 0. The smallest absolute Gasteiger partial charge is 0.347 e. The van der Waals surface area contributed by atoms with Crippen molar-refractivity contribution in [3.8, 4) is 22.9 Å². The highest BCUT2D eigenvalue weighted by atomic mass is 79.9. The molecule has 0 aliphatic heterocycles. The maximum Gasteiger partial charge on any atom is 0.347 e. The molecule has 11 nitrogen and oxygen atoms in total. The summed E-state index contributed by atoms with van der Waals surface area (Å²) in [6.45, 7) is 11.7. The van der Waals surface area contributed by atoms with E-state index in [1.165, 1.54) is 23.9 Å². The molecule has 1 heterocycles. The Kier molecular flexibility index (Phi) is 10.1. The van der Waals surface area contributed by atoms with E-state index >= 15 is 0 Å². The van der Waals surface area contributed by atoms with Crippen LogP contribution < -0.4 is 15.0 Å². The van der Waals surface area contributed by atoms with Crippen LogP contribution in [0.5, 0.6) is 11.5 Å². The van der Waals surface area contributed by atoms with Gasteiger partial charge >= 0.3 is 11.7 Å². The summed E-state index contributed by atoms with van der Waals surface area (Å²) in [5.41, 5.74) is 2.49. The fourth-order valence-corrected chi connectivity index (χ4v) is 5.17. The summed E-state index contributed by atoms with van der Waals surface area (Å²) in [7, 11) is 0. The van der Waals surface area contributed by atoms with Gasteiger partial charge in [-0.3, -0.25) is 14.9 Å².